The second-order valence-corrected chi connectivity index (χ2v) is 7.20. The van der Waals surface area contributed by atoms with Crippen LogP contribution in [0, 0.1) is 5.82 Å². The fraction of sp³-hybridized carbons (Fsp3) is 0.238. The monoisotopic (exact) mass is 446 g/mol. The fourth-order valence-corrected chi connectivity index (χ4v) is 3.25. The number of carbonyl (C=O) groups excluding carboxylic acids is 1. The molecule has 0 N–H and O–H groups in total. The van der Waals surface area contributed by atoms with Gasteiger partial charge in [-0.05, 0) is 37.3 Å². The molecule has 4 aromatic rings. The molecular formula is C21H18F4N6O. The summed E-state index contributed by atoms with van der Waals surface area (Å²) in [5.41, 5.74) is -0.339. The van der Waals surface area contributed by atoms with Crippen LogP contribution in [0.1, 0.15) is 28.7 Å². The van der Waals surface area contributed by atoms with Crippen LogP contribution in [0.15, 0.2) is 48.8 Å². The standard InChI is InChI=1S/C21H18F4N6O/c1-3-30-12-13(10-26-30)11-29(2)20(32)17-9-19-27-16(14-4-6-15(22)7-5-14)8-18(21(23,24)25)31(19)28-17/h4-10,12H,3,11H2,1-2H3. The van der Waals surface area contributed by atoms with Gasteiger partial charge in [-0.3, -0.25) is 9.48 Å². The molecular weight excluding hydrogens is 428 g/mol. The van der Waals surface area contributed by atoms with Crippen molar-refractivity contribution in [1.29, 1.82) is 0 Å². The van der Waals surface area contributed by atoms with Crippen LogP contribution in [0.2, 0.25) is 0 Å². The van der Waals surface area contributed by atoms with Crippen LogP contribution < -0.4 is 0 Å². The molecule has 4 rings (SSSR count). The molecule has 1 amide bonds. The van der Waals surface area contributed by atoms with Crippen LogP contribution in [0.3, 0.4) is 0 Å². The smallest absolute Gasteiger partial charge is 0.336 e. The van der Waals surface area contributed by atoms with E-state index in [1.807, 2.05) is 6.92 Å². The molecule has 0 spiro atoms. The minimum absolute atomic E-state index is 0.0101. The molecule has 0 bridgehead atoms. The number of aryl methyl sites for hydroxylation is 1. The maximum Gasteiger partial charge on any atom is 0.433 e. The average Bonchev–Trinajstić information content (AvgIpc) is 3.38. The molecule has 0 aliphatic carbocycles. The number of halogens is 4. The average molecular weight is 446 g/mol. The van der Waals surface area contributed by atoms with Crippen molar-refractivity contribution in [1.82, 2.24) is 29.3 Å². The van der Waals surface area contributed by atoms with E-state index in [-0.39, 0.29) is 23.6 Å². The van der Waals surface area contributed by atoms with Gasteiger partial charge in [-0.1, -0.05) is 0 Å². The number of hydrogen-bond donors (Lipinski definition) is 0. The zero-order chi connectivity index (χ0) is 23.0. The quantitative estimate of drug-likeness (QED) is 0.434. The molecule has 0 unspecified atom stereocenters. The Morgan fingerprint density at radius 2 is 1.88 bits per heavy atom. The third kappa shape index (κ3) is 4.18. The highest BCUT2D eigenvalue weighted by atomic mass is 19.4. The van der Waals surface area contributed by atoms with Gasteiger partial charge in [0.2, 0.25) is 0 Å². The van der Waals surface area contributed by atoms with E-state index in [4.69, 9.17) is 0 Å². The molecule has 11 heteroatoms. The minimum Gasteiger partial charge on any atom is -0.336 e. The van der Waals surface area contributed by atoms with Gasteiger partial charge in [0.25, 0.3) is 5.91 Å². The molecule has 0 saturated heterocycles. The highest BCUT2D eigenvalue weighted by Gasteiger charge is 2.36. The lowest BCUT2D eigenvalue weighted by molar-refractivity contribution is -0.142. The molecule has 32 heavy (non-hydrogen) atoms. The van der Waals surface area contributed by atoms with Gasteiger partial charge in [-0.25, -0.2) is 13.9 Å². The lowest BCUT2D eigenvalue weighted by Gasteiger charge is -2.14. The number of benzene rings is 1. The third-order valence-corrected chi connectivity index (χ3v) is 4.85. The number of rotatable bonds is 5. The van der Waals surface area contributed by atoms with Crippen molar-refractivity contribution in [2.24, 2.45) is 0 Å². The Kier molecular flexibility index (Phi) is 5.41. The largest absolute Gasteiger partial charge is 0.433 e. The van der Waals surface area contributed by atoms with Crippen LogP contribution in [-0.2, 0) is 19.3 Å². The van der Waals surface area contributed by atoms with Crippen LogP contribution in [0.25, 0.3) is 16.9 Å². The van der Waals surface area contributed by atoms with Gasteiger partial charge >= 0.3 is 6.18 Å². The lowest BCUT2D eigenvalue weighted by Crippen LogP contribution is -2.26. The topological polar surface area (TPSA) is 68.3 Å². The van der Waals surface area contributed by atoms with Gasteiger partial charge in [0.15, 0.2) is 17.0 Å². The number of nitrogens with zero attached hydrogens (tertiary/aromatic N) is 6. The summed E-state index contributed by atoms with van der Waals surface area (Å²) >= 11 is 0. The molecule has 1 aromatic carbocycles. The Balaban J connectivity index is 1.71. The Hall–Kier alpha value is -3.76. The number of hydrogen-bond acceptors (Lipinski definition) is 4. The first-order chi connectivity index (χ1) is 15.2. The molecule has 0 aliphatic heterocycles. The molecule has 3 aromatic heterocycles. The lowest BCUT2D eigenvalue weighted by atomic mass is 10.1. The van der Waals surface area contributed by atoms with Crippen LogP contribution >= 0.6 is 0 Å². The molecule has 7 nitrogen and oxygen atoms in total. The second-order valence-electron chi connectivity index (χ2n) is 7.20. The molecule has 0 aliphatic rings. The Morgan fingerprint density at radius 1 is 1.16 bits per heavy atom. The van der Waals surface area contributed by atoms with Crippen molar-refractivity contribution >= 4 is 11.6 Å². The predicted octanol–water partition coefficient (Wildman–Crippen LogP) is 4.04. The predicted molar refractivity (Wildman–Crippen MR) is 107 cm³/mol. The number of alkyl halides is 3. The van der Waals surface area contributed by atoms with Gasteiger partial charge < -0.3 is 4.90 Å². The summed E-state index contributed by atoms with van der Waals surface area (Å²) in [7, 11) is 1.53. The summed E-state index contributed by atoms with van der Waals surface area (Å²) in [6.07, 6.45) is -1.34. The van der Waals surface area contributed by atoms with Crippen molar-refractivity contribution in [2.45, 2.75) is 26.2 Å². The Labute approximate surface area is 179 Å². The number of carbonyl (C=O) groups is 1. The van der Waals surface area contributed by atoms with E-state index in [1.54, 1.807) is 17.1 Å². The molecule has 3 heterocycles. The fourth-order valence-electron chi connectivity index (χ4n) is 3.25. The summed E-state index contributed by atoms with van der Waals surface area (Å²) in [6.45, 7) is 2.81. The number of amides is 1. The first kappa shape index (κ1) is 21.5. The summed E-state index contributed by atoms with van der Waals surface area (Å²) in [4.78, 5) is 18.4. The summed E-state index contributed by atoms with van der Waals surface area (Å²) < 4.78 is 56.7. The minimum atomic E-state index is -4.75. The van der Waals surface area contributed by atoms with E-state index < -0.39 is 23.6 Å². The van der Waals surface area contributed by atoms with Crippen molar-refractivity contribution in [3.63, 3.8) is 0 Å². The molecule has 0 radical (unpaired) electrons. The van der Waals surface area contributed by atoms with E-state index in [2.05, 4.69) is 15.2 Å². The molecule has 0 atom stereocenters. The maximum atomic E-state index is 13.7. The van der Waals surface area contributed by atoms with Crippen molar-refractivity contribution in [3.8, 4) is 11.3 Å². The number of aromatic nitrogens is 5. The van der Waals surface area contributed by atoms with Crippen molar-refractivity contribution in [3.05, 3.63) is 71.6 Å². The summed E-state index contributed by atoms with van der Waals surface area (Å²) in [5, 5.41) is 8.01. The van der Waals surface area contributed by atoms with E-state index in [1.165, 1.54) is 30.1 Å². The van der Waals surface area contributed by atoms with Gasteiger partial charge in [-0.15, -0.1) is 0 Å². The van der Waals surface area contributed by atoms with Gasteiger partial charge in [0.05, 0.1) is 11.9 Å². The first-order valence-corrected chi connectivity index (χ1v) is 9.66. The molecule has 166 valence electrons. The SMILES string of the molecule is CCn1cc(CN(C)C(=O)c2cc3nc(-c4ccc(F)cc4)cc(C(F)(F)F)n3n2)cn1. The van der Waals surface area contributed by atoms with Gasteiger partial charge in [0.1, 0.15) is 5.82 Å². The van der Waals surface area contributed by atoms with Crippen molar-refractivity contribution < 1.29 is 22.4 Å². The normalized spacial score (nSPS) is 11.8. The third-order valence-electron chi connectivity index (χ3n) is 4.85. The van der Waals surface area contributed by atoms with E-state index in [0.29, 0.717) is 16.6 Å². The van der Waals surface area contributed by atoms with Gasteiger partial charge in [-0.2, -0.15) is 23.4 Å². The van der Waals surface area contributed by atoms with Gasteiger partial charge in [0, 0.05) is 43.5 Å². The van der Waals surface area contributed by atoms with Crippen LogP contribution in [-0.4, -0.2) is 42.2 Å². The summed E-state index contributed by atoms with van der Waals surface area (Å²) in [5.74, 6) is -1.08. The zero-order valence-corrected chi connectivity index (χ0v) is 17.1. The second kappa shape index (κ2) is 8.06. The molecule has 0 fully saturated rings. The molecule has 0 saturated carbocycles. The summed E-state index contributed by atoms with van der Waals surface area (Å²) in [6, 6.07) is 6.97. The van der Waals surface area contributed by atoms with E-state index in [9.17, 15) is 22.4 Å². The number of fused-ring (bicyclic) bond motifs is 1. The Bertz CT molecular complexity index is 1280. The van der Waals surface area contributed by atoms with E-state index >= 15 is 0 Å². The highest BCUT2D eigenvalue weighted by Crippen LogP contribution is 2.32. The van der Waals surface area contributed by atoms with Crippen LogP contribution in [0.5, 0.6) is 0 Å². The van der Waals surface area contributed by atoms with Crippen molar-refractivity contribution in [2.75, 3.05) is 7.05 Å². The zero-order valence-electron chi connectivity index (χ0n) is 17.1. The highest BCUT2D eigenvalue weighted by molar-refractivity contribution is 5.93. The first-order valence-electron chi connectivity index (χ1n) is 9.66. The Morgan fingerprint density at radius 3 is 2.50 bits per heavy atom. The van der Waals surface area contributed by atoms with E-state index in [0.717, 1.165) is 23.8 Å². The van der Waals surface area contributed by atoms with Crippen LogP contribution in [0.4, 0.5) is 17.6 Å². The maximum absolute atomic E-state index is 13.7.